The van der Waals surface area contributed by atoms with Crippen molar-refractivity contribution >= 4 is 11.9 Å². The Kier molecular flexibility index (Phi) is 3.11. The van der Waals surface area contributed by atoms with Crippen molar-refractivity contribution < 1.29 is 14.7 Å². The number of carboxylic acids is 1. The molecule has 4 nitrogen and oxygen atoms in total. The zero-order chi connectivity index (χ0) is 13.3. The summed E-state index contributed by atoms with van der Waals surface area (Å²) in [5.74, 6) is -1.13. The van der Waals surface area contributed by atoms with Gasteiger partial charge in [-0.15, -0.1) is 0 Å². The summed E-state index contributed by atoms with van der Waals surface area (Å²) in [4.78, 5) is 24.5. The van der Waals surface area contributed by atoms with E-state index in [-0.39, 0.29) is 5.91 Å². The third kappa shape index (κ3) is 1.88. The number of amides is 1. The predicted molar refractivity (Wildman–Crippen MR) is 67.3 cm³/mol. The standard InChI is InChI=1S/C14H17NO3/c1-10(16)15(2)14(13(17)18)8-7-11-5-3-4-6-12(11)9-14/h3-6H,7-9H2,1-2H3,(H,17,18). The first-order chi connectivity index (χ1) is 8.47. The van der Waals surface area contributed by atoms with Gasteiger partial charge in [-0.1, -0.05) is 24.3 Å². The van der Waals surface area contributed by atoms with Gasteiger partial charge >= 0.3 is 5.97 Å². The molecule has 18 heavy (non-hydrogen) atoms. The molecule has 1 aliphatic carbocycles. The van der Waals surface area contributed by atoms with Crippen LogP contribution in [0, 0.1) is 0 Å². The number of aliphatic carboxylic acids is 1. The molecule has 1 amide bonds. The number of rotatable bonds is 2. The summed E-state index contributed by atoms with van der Waals surface area (Å²) in [6.45, 7) is 1.41. The van der Waals surface area contributed by atoms with Crippen molar-refractivity contribution in [3.8, 4) is 0 Å². The molecule has 2 rings (SSSR count). The fourth-order valence-corrected chi connectivity index (χ4v) is 2.63. The van der Waals surface area contributed by atoms with Crippen LogP contribution in [0.5, 0.6) is 0 Å². The third-order valence-electron chi connectivity index (χ3n) is 3.92. The van der Waals surface area contributed by atoms with Crippen LogP contribution < -0.4 is 0 Å². The van der Waals surface area contributed by atoms with E-state index in [1.807, 2.05) is 24.3 Å². The Labute approximate surface area is 106 Å². The maximum atomic E-state index is 11.6. The van der Waals surface area contributed by atoms with Crippen LogP contribution in [-0.4, -0.2) is 34.5 Å². The summed E-state index contributed by atoms with van der Waals surface area (Å²) < 4.78 is 0. The molecule has 0 heterocycles. The summed E-state index contributed by atoms with van der Waals surface area (Å²) in [5, 5.41) is 9.54. The van der Waals surface area contributed by atoms with E-state index in [0.717, 1.165) is 5.56 Å². The van der Waals surface area contributed by atoms with Crippen LogP contribution in [0.1, 0.15) is 24.5 Å². The van der Waals surface area contributed by atoms with Crippen LogP contribution >= 0.6 is 0 Å². The summed E-state index contributed by atoms with van der Waals surface area (Å²) >= 11 is 0. The van der Waals surface area contributed by atoms with Gasteiger partial charge in [-0.2, -0.15) is 0 Å². The van der Waals surface area contributed by atoms with Gasteiger partial charge < -0.3 is 10.0 Å². The van der Waals surface area contributed by atoms with E-state index >= 15 is 0 Å². The van der Waals surface area contributed by atoms with E-state index in [9.17, 15) is 14.7 Å². The Morgan fingerprint density at radius 2 is 1.89 bits per heavy atom. The molecule has 1 atom stereocenters. The minimum atomic E-state index is -1.10. The summed E-state index contributed by atoms with van der Waals surface area (Å²) in [7, 11) is 1.57. The highest BCUT2D eigenvalue weighted by Gasteiger charge is 2.46. The summed E-state index contributed by atoms with van der Waals surface area (Å²) in [5.41, 5.74) is 1.12. The van der Waals surface area contributed by atoms with E-state index in [1.165, 1.54) is 17.4 Å². The van der Waals surface area contributed by atoms with E-state index in [1.54, 1.807) is 7.05 Å². The number of nitrogens with zero attached hydrogens (tertiary/aromatic N) is 1. The molecule has 0 aliphatic heterocycles. The third-order valence-corrected chi connectivity index (χ3v) is 3.92. The van der Waals surface area contributed by atoms with Crippen molar-refractivity contribution in [1.29, 1.82) is 0 Å². The van der Waals surface area contributed by atoms with Crippen LogP contribution in [0.3, 0.4) is 0 Å². The van der Waals surface area contributed by atoms with Crippen LogP contribution in [0.2, 0.25) is 0 Å². The predicted octanol–water partition coefficient (Wildman–Crippen LogP) is 1.48. The zero-order valence-corrected chi connectivity index (χ0v) is 10.6. The van der Waals surface area contributed by atoms with Gasteiger partial charge in [0.1, 0.15) is 5.54 Å². The zero-order valence-electron chi connectivity index (χ0n) is 10.6. The molecule has 0 saturated heterocycles. The normalized spacial score (nSPS) is 22.1. The molecule has 1 N–H and O–H groups in total. The first kappa shape index (κ1) is 12.6. The Morgan fingerprint density at radius 1 is 1.28 bits per heavy atom. The van der Waals surface area contributed by atoms with Crippen molar-refractivity contribution in [3.63, 3.8) is 0 Å². The maximum Gasteiger partial charge on any atom is 0.329 e. The van der Waals surface area contributed by atoms with Crippen LogP contribution in [-0.2, 0) is 22.4 Å². The Morgan fingerprint density at radius 3 is 2.44 bits per heavy atom. The molecule has 1 aromatic carbocycles. The molecule has 96 valence electrons. The topological polar surface area (TPSA) is 57.6 Å². The number of likely N-dealkylation sites (N-methyl/N-ethyl adjacent to an activating group) is 1. The van der Waals surface area contributed by atoms with Crippen LogP contribution in [0.25, 0.3) is 0 Å². The van der Waals surface area contributed by atoms with E-state index in [2.05, 4.69) is 0 Å². The molecular weight excluding hydrogens is 230 g/mol. The Balaban J connectivity index is 2.42. The average Bonchev–Trinajstić information content (AvgIpc) is 2.36. The number of carboxylic acid groups (broad SMARTS) is 1. The smallest absolute Gasteiger partial charge is 0.329 e. The van der Waals surface area contributed by atoms with Crippen molar-refractivity contribution in [1.82, 2.24) is 4.90 Å². The number of hydrogen-bond donors (Lipinski definition) is 1. The van der Waals surface area contributed by atoms with Crippen molar-refractivity contribution in [2.45, 2.75) is 31.7 Å². The molecule has 0 bridgehead atoms. The second kappa shape index (κ2) is 4.44. The summed E-state index contributed by atoms with van der Waals surface area (Å²) in [6, 6.07) is 7.83. The first-order valence-electron chi connectivity index (χ1n) is 6.02. The number of aryl methyl sites for hydroxylation is 1. The van der Waals surface area contributed by atoms with Gasteiger partial charge in [-0.3, -0.25) is 4.79 Å². The molecule has 0 spiro atoms. The van der Waals surface area contributed by atoms with Crippen molar-refractivity contribution in [2.24, 2.45) is 0 Å². The van der Waals surface area contributed by atoms with E-state index in [0.29, 0.717) is 19.3 Å². The lowest BCUT2D eigenvalue weighted by atomic mass is 9.77. The lowest BCUT2D eigenvalue weighted by molar-refractivity contribution is -0.158. The number of carbonyl (C=O) groups excluding carboxylic acids is 1. The summed E-state index contributed by atoms with van der Waals surface area (Å²) in [6.07, 6.45) is 1.55. The fraction of sp³-hybridized carbons (Fsp3) is 0.429. The van der Waals surface area contributed by atoms with Gasteiger partial charge in [0, 0.05) is 20.4 Å². The van der Waals surface area contributed by atoms with Crippen molar-refractivity contribution in [3.05, 3.63) is 35.4 Å². The van der Waals surface area contributed by atoms with Crippen LogP contribution in [0.4, 0.5) is 0 Å². The lowest BCUT2D eigenvalue weighted by Gasteiger charge is -2.41. The minimum Gasteiger partial charge on any atom is -0.479 e. The number of carbonyl (C=O) groups is 2. The lowest BCUT2D eigenvalue weighted by Crippen LogP contribution is -2.57. The van der Waals surface area contributed by atoms with Gasteiger partial charge in [-0.25, -0.2) is 4.79 Å². The van der Waals surface area contributed by atoms with E-state index in [4.69, 9.17) is 0 Å². The van der Waals surface area contributed by atoms with Gasteiger partial charge in [0.25, 0.3) is 0 Å². The highest BCUT2D eigenvalue weighted by Crippen LogP contribution is 2.33. The molecule has 0 saturated carbocycles. The molecule has 1 aromatic rings. The molecule has 1 unspecified atom stereocenters. The largest absolute Gasteiger partial charge is 0.479 e. The molecular formula is C14H17NO3. The first-order valence-corrected chi connectivity index (χ1v) is 6.02. The average molecular weight is 247 g/mol. The van der Waals surface area contributed by atoms with Gasteiger partial charge in [-0.05, 0) is 24.0 Å². The molecule has 1 aliphatic rings. The van der Waals surface area contributed by atoms with Gasteiger partial charge in [0.05, 0.1) is 0 Å². The molecule has 0 aromatic heterocycles. The highest BCUT2D eigenvalue weighted by molar-refractivity contribution is 5.86. The van der Waals surface area contributed by atoms with Gasteiger partial charge in [0.15, 0.2) is 0 Å². The molecule has 0 radical (unpaired) electrons. The number of fused-ring (bicyclic) bond motifs is 1. The monoisotopic (exact) mass is 247 g/mol. The number of hydrogen-bond acceptors (Lipinski definition) is 2. The SMILES string of the molecule is CC(=O)N(C)C1(C(=O)O)CCc2ccccc2C1. The van der Waals surface area contributed by atoms with Crippen molar-refractivity contribution in [2.75, 3.05) is 7.05 Å². The van der Waals surface area contributed by atoms with E-state index < -0.39 is 11.5 Å². The second-order valence-corrected chi connectivity index (χ2v) is 4.86. The Bertz CT molecular complexity index is 498. The second-order valence-electron chi connectivity index (χ2n) is 4.86. The van der Waals surface area contributed by atoms with Gasteiger partial charge in [0.2, 0.25) is 5.91 Å². The maximum absolute atomic E-state index is 11.6. The number of benzene rings is 1. The fourth-order valence-electron chi connectivity index (χ4n) is 2.63. The minimum absolute atomic E-state index is 0.211. The molecule has 0 fully saturated rings. The highest BCUT2D eigenvalue weighted by atomic mass is 16.4. The Hall–Kier alpha value is -1.84. The van der Waals surface area contributed by atoms with Crippen LogP contribution in [0.15, 0.2) is 24.3 Å². The quantitative estimate of drug-likeness (QED) is 0.861. The molecule has 4 heteroatoms.